The average molecular weight is 486 g/mol. The van der Waals surface area contributed by atoms with E-state index < -0.39 is 0 Å². The SMILES string of the molecule is C=CCn1c(CC(=O)Nc2ccc(C)cc2C)nnc1SCC(=O)Nc1cccc2ccccc12. The molecule has 0 spiro atoms. The quantitative estimate of drug-likeness (QED) is 0.253. The van der Waals surface area contributed by atoms with Crippen LogP contribution < -0.4 is 10.6 Å². The molecule has 0 saturated heterocycles. The van der Waals surface area contributed by atoms with Crippen LogP contribution in [0.5, 0.6) is 0 Å². The largest absolute Gasteiger partial charge is 0.325 e. The van der Waals surface area contributed by atoms with Gasteiger partial charge in [0, 0.05) is 23.3 Å². The van der Waals surface area contributed by atoms with Crippen LogP contribution in [-0.4, -0.2) is 32.3 Å². The molecule has 0 radical (unpaired) electrons. The van der Waals surface area contributed by atoms with Crippen LogP contribution in [0.15, 0.2) is 78.5 Å². The van der Waals surface area contributed by atoms with E-state index in [-0.39, 0.29) is 24.0 Å². The van der Waals surface area contributed by atoms with Crippen LogP contribution in [0.2, 0.25) is 0 Å². The molecule has 0 unspecified atom stereocenters. The second kappa shape index (κ2) is 11.0. The van der Waals surface area contributed by atoms with Gasteiger partial charge in [-0.2, -0.15) is 0 Å². The van der Waals surface area contributed by atoms with Crippen molar-refractivity contribution in [1.29, 1.82) is 0 Å². The Hall–Kier alpha value is -3.91. The highest BCUT2D eigenvalue weighted by atomic mass is 32.2. The average Bonchev–Trinajstić information content (AvgIpc) is 3.21. The molecule has 35 heavy (non-hydrogen) atoms. The number of nitrogens with one attached hydrogen (secondary N) is 2. The lowest BCUT2D eigenvalue weighted by molar-refractivity contribution is -0.116. The van der Waals surface area contributed by atoms with Crippen molar-refractivity contribution in [3.05, 3.63) is 90.3 Å². The number of carbonyl (C=O) groups is 2. The number of hydrogen-bond acceptors (Lipinski definition) is 5. The summed E-state index contributed by atoms with van der Waals surface area (Å²) >= 11 is 1.27. The van der Waals surface area contributed by atoms with E-state index in [1.54, 1.807) is 6.08 Å². The molecular weight excluding hydrogens is 458 g/mol. The van der Waals surface area contributed by atoms with E-state index in [1.165, 1.54) is 11.8 Å². The van der Waals surface area contributed by atoms with Gasteiger partial charge in [-0.1, -0.05) is 71.9 Å². The molecule has 0 fully saturated rings. The molecule has 2 N–H and O–H groups in total. The number of benzene rings is 3. The Morgan fingerprint density at radius 3 is 2.54 bits per heavy atom. The van der Waals surface area contributed by atoms with Gasteiger partial charge in [-0.05, 0) is 36.9 Å². The first-order chi connectivity index (χ1) is 16.9. The molecule has 1 aromatic heterocycles. The Bertz CT molecular complexity index is 1390. The van der Waals surface area contributed by atoms with Gasteiger partial charge in [0.1, 0.15) is 5.82 Å². The first-order valence-electron chi connectivity index (χ1n) is 11.2. The fraction of sp³-hybridized carbons (Fsp3) is 0.185. The lowest BCUT2D eigenvalue weighted by atomic mass is 10.1. The Kier molecular flexibility index (Phi) is 7.62. The summed E-state index contributed by atoms with van der Waals surface area (Å²) < 4.78 is 1.81. The summed E-state index contributed by atoms with van der Waals surface area (Å²) in [7, 11) is 0. The maximum atomic E-state index is 12.7. The molecule has 0 aliphatic heterocycles. The van der Waals surface area contributed by atoms with Crippen molar-refractivity contribution in [1.82, 2.24) is 14.8 Å². The third-order valence-corrected chi connectivity index (χ3v) is 6.44. The maximum absolute atomic E-state index is 12.7. The Morgan fingerprint density at radius 1 is 0.971 bits per heavy atom. The van der Waals surface area contributed by atoms with Gasteiger partial charge in [0.05, 0.1) is 12.2 Å². The molecule has 2 amide bonds. The molecule has 4 rings (SSSR count). The minimum Gasteiger partial charge on any atom is -0.325 e. The predicted molar refractivity (Wildman–Crippen MR) is 142 cm³/mol. The van der Waals surface area contributed by atoms with E-state index in [2.05, 4.69) is 27.4 Å². The monoisotopic (exact) mass is 485 g/mol. The van der Waals surface area contributed by atoms with Gasteiger partial charge in [-0.15, -0.1) is 16.8 Å². The maximum Gasteiger partial charge on any atom is 0.234 e. The van der Waals surface area contributed by atoms with E-state index in [4.69, 9.17) is 0 Å². The van der Waals surface area contributed by atoms with Crippen molar-refractivity contribution in [3.8, 4) is 0 Å². The van der Waals surface area contributed by atoms with Gasteiger partial charge >= 0.3 is 0 Å². The molecule has 0 bridgehead atoms. The first-order valence-corrected chi connectivity index (χ1v) is 12.2. The van der Waals surface area contributed by atoms with Crippen LogP contribution in [0.25, 0.3) is 10.8 Å². The minimum atomic E-state index is -0.181. The number of fused-ring (bicyclic) bond motifs is 1. The molecule has 8 heteroatoms. The first kappa shape index (κ1) is 24.2. The molecule has 4 aromatic rings. The summed E-state index contributed by atoms with van der Waals surface area (Å²) in [5, 5.41) is 17.0. The van der Waals surface area contributed by atoms with Crippen molar-refractivity contribution in [2.45, 2.75) is 32.0 Å². The second-order valence-corrected chi connectivity index (χ2v) is 9.15. The van der Waals surface area contributed by atoms with Crippen molar-refractivity contribution in [2.24, 2.45) is 0 Å². The van der Waals surface area contributed by atoms with Crippen molar-refractivity contribution < 1.29 is 9.59 Å². The van der Waals surface area contributed by atoms with Gasteiger partial charge in [0.15, 0.2) is 5.16 Å². The van der Waals surface area contributed by atoms with Gasteiger partial charge in [-0.3, -0.25) is 9.59 Å². The van der Waals surface area contributed by atoms with E-state index >= 15 is 0 Å². The third kappa shape index (κ3) is 5.96. The number of nitrogens with zero attached hydrogens (tertiary/aromatic N) is 3. The van der Waals surface area contributed by atoms with E-state index in [1.807, 2.05) is 79.1 Å². The standard InChI is InChI=1S/C27H27N5O2S/c1-4-14-32-24(16-25(33)28-22-13-12-18(2)15-19(22)3)30-31-27(32)35-17-26(34)29-23-11-7-9-20-8-5-6-10-21(20)23/h4-13,15H,1,14,16-17H2,2-3H3,(H,28,33)(H,29,34). The number of thioether (sulfide) groups is 1. The lowest BCUT2D eigenvalue weighted by Gasteiger charge is -2.11. The predicted octanol–water partition coefficient (Wildman–Crippen LogP) is 5.15. The number of hydrogen-bond donors (Lipinski definition) is 2. The zero-order valence-electron chi connectivity index (χ0n) is 19.7. The molecular formula is C27H27N5O2S. The summed E-state index contributed by atoms with van der Waals surface area (Å²) in [6, 6.07) is 19.6. The Balaban J connectivity index is 1.41. The van der Waals surface area contributed by atoms with E-state index in [0.29, 0.717) is 17.5 Å². The molecule has 0 saturated carbocycles. The summed E-state index contributed by atoms with van der Waals surface area (Å²) in [4.78, 5) is 25.3. The molecule has 3 aromatic carbocycles. The van der Waals surface area contributed by atoms with Crippen LogP contribution in [0.4, 0.5) is 11.4 Å². The highest BCUT2D eigenvalue weighted by molar-refractivity contribution is 7.99. The number of aryl methyl sites for hydroxylation is 2. The highest BCUT2D eigenvalue weighted by Gasteiger charge is 2.17. The summed E-state index contributed by atoms with van der Waals surface area (Å²) in [5.41, 5.74) is 3.68. The number of carbonyl (C=O) groups excluding carboxylic acids is 2. The fourth-order valence-electron chi connectivity index (χ4n) is 3.81. The molecule has 7 nitrogen and oxygen atoms in total. The third-order valence-electron chi connectivity index (χ3n) is 5.48. The van der Waals surface area contributed by atoms with Crippen molar-refractivity contribution in [2.75, 3.05) is 16.4 Å². The molecule has 1 heterocycles. The van der Waals surface area contributed by atoms with Gasteiger partial charge in [0.25, 0.3) is 0 Å². The Morgan fingerprint density at radius 2 is 1.74 bits per heavy atom. The summed E-state index contributed by atoms with van der Waals surface area (Å²) in [6.45, 7) is 8.21. The molecule has 178 valence electrons. The zero-order chi connectivity index (χ0) is 24.8. The number of anilines is 2. The van der Waals surface area contributed by atoms with Crippen LogP contribution >= 0.6 is 11.8 Å². The van der Waals surface area contributed by atoms with Crippen LogP contribution in [0, 0.1) is 13.8 Å². The van der Waals surface area contributed by atoms with Gasteiger partial charge in [-0.25, -0.2) is 0 Å². The topological polar surface area (TPSA) is 88.9 Å². The number of amides is 2. The minimum absolute atomic E-state index is 0.0664. The lowest BCUT2D eigenvalue weighted by Crippen LogP contribution is -2.18. The number of allylic oxidation sites excluding steroid dienone is 1. The molecule has 0 aliphatic carbocycles. The van der Waals surface area contributed by atoms with E-state index in [0.717, 1.165) is 33.3 Å². The number of rotatable bonds is 9. The van der Waals surface area contributed by atoms with Crippen LogP contribution in [0.3, 0.4) is 0 Å². The molecule has 0 aliphatic rings. The normalized spacial score (nSPS) is 10.8. The second-order valence-electron chi connectivity index (χ2n) is 8.20. The van der Waals surface area contributed by atoms with Crippen LogP contribution in [-0.2, 0) is 22.6 Å². The molecule has 0 atom stereocenters. The van der Waals surface area contributed by atoms with Gasteiger partial charge < -0.3 is 15.2 Å². The zero-order valence-corrected chi connectivity index (χ0v) is 20.6. The summed E-state index contributed by atoms with van der Waals surface area (Å²) in [5.74, 6) is 0.352. The van der Waals surface area contributed by atoms with Crippen molar-refractivity contribution in [3.63, 3.8) is 0 Å². The van der Waals surface area contributed by atoms with E-state index in [9.17, 15) is 9.59 Å². The van der Waals surface area contributed by atoms with Crippen molar-refractivity contribution >= 4 is 45.7 Å². The van der Waals surface area contributed by atoms with Crippen LogP contribution in [0.1, 0.15) is 17.0 Å². The number of aromatic nitrogens is 3. The van der Waals surface area contributed by atoms with Gasteiger partial charge in [0.2, 0.25) is 11.8 Å². The fourth-order valence-corrected chi connectivity index (χ4v) is 4.58. The smallest absolute Gasteiger partial charge is 0.234 e. The Labute approximate surface area is 208 Å². The highest BCUT2D eigenvalue weighted by Crippen LogP contribution is 2.24. The summed E-state index contributed by atoms with van der Waals surface area (Å²) in [6.07, 6.45) is 1.78.